The fourth-order valence-electron chi connectivity index (χ4n) is 0.559. The summed E-state index contributed by atoms with van der Waals surface area (Å²) in [5, 5.41) is 9.40. The average molecular weight is 138 g/mol. The summed E-state index contributed by atoms with van der Waals surface area (Å²) in [7, 11) is 0. The van der Waals surface area contributed by atoms with Gasteiger partial charge in [-0.25, -0.2) is 0 Å². The Bertz CT molecular complexity index is 279. The van der Waals surface area contributed by atoms with Gasteiger partial charge in [0.1, 0.15) is 5.69 Å². The summed E-state index contributed by atoms with van der Waals surface area (Å²) in [4.78, 5) is 9.89. The lowest BCUT2D eigenvalue weighted by Crippen LogP contribution is -2.07. The first-order chi connectivity index (χ1) is 4.84. The van der Waals surface area contributed by atoms with E-state index in [4.69, 9.17) is 5.41 Å². The normalized spacial score (nSPS) is 8.80. The lowest BCUT2D eigenvalue weighted by atomic mass is 10.4. The molecule has 0 aliphatic rings. The van der Waals surface area contributed by atoms with Gasteiger partial charge in [0.05, 0.1) is 6.26 Å². The van der Waals surface area contributed by atoms with E-state index >= 15 is 0 Å². The van der Waals surface area contributed by atoms with Crippen molar-refractivity contribution in [2.24, 2.45) is 0 Å². The van der Waals surface area contributed by atoms with Crippen LogP contribution in [0, 0.1) is 5.41 Å². The number of carbonyl (C=O) groups is 1. The van der Waals surface area contributed by atoms with Crippen LogP contribution in [0.25, 0.3) is 0 Å². The third-order valence-electron chi connectivity index (χ3n) is 0.986. The molecular weight excluding hydrogens is 132 g/mol. The molecule has 4 nitrogen and oxygen atoms in total. The molecule has 0 saturated heterocycles. The van der Waals surface area contributed by atoms with Gasteiger partial charge in [0, 0.05) is 0 Å². The molecule has 0 radical (unpaired) electrons. The lowest BCUT2D eigenvalue weighted by Gasteiger charge is -1.93. The molecule has 0 aliphatic carbocycles. The number of anilines is 1. The van der Waals surface area contributed by atoms with Crippen LogP contribution in [0.2, 0.25) is 0 Å². The van der Waals surface area contributed by atoms with Crippen molar-refractivity contribution in [2.45, 2.75) is 0 Å². The third-order valence-corrected chi connectivity index (χ3v) is 0.986. The molecule has 1 aromatic rings. The summed E-state index contributed by atoms with van der Waals surface area (Å²) >= 11 is 0. The molecular formula is C6H6N2O2. The zero-order valence-electron chi connectivity index (χ0n) is 5.13. The van der Waals surface area contributed by atoms with Crippen LogP contribution in [0.15, 0.2) is 22.8 Å². The van der Waals surface area contributed by atoms with Crippen LogP contribution in [0.3, 0.4) is 0 Å². The standard InChI is InChI=1S/C6H6N2O2/c7-6-5(8-4-9)2-1-3-10-6/h1-4,7H,(H,8,9). The van der Waals surface area contributed by atoms with E-state index in [1.807, 2.05) is 0 Å². The summed E-state index contributed by atoms with van der Waals surface area (Å²) < 4.78 is 4.66. The maximum absolute atomic E-state index is 9.89. The first kappa shape index (κ1) is 6.54. The molecule has 0 bridgehead atoms. The van der Waals surface area contributed by atoms with Crippen molar-refractivity contribution in [1.29, 1.82) is 5.41 Å². The molecule has 0 spiro atoms. The second-order valence-electron chi connectivity index (χ2n) is 1.62. The van der Waals surface area contributed by atoms with E-state index < -0.39 is 0 Å². The van der Waals surface area contributed by atoms with Gasteiger partial charge in [-0.15, -0.1) is 0 Å². The number of nitrogens with one attached hydrogen (secondary N) is 2. The van der Waals surface area contributed by atoms with E-state index in [9.17, 15) is 4.79 Å². The minimum absolute atomic E-state index is 0.0467. The Kier molecular flexibility index (Phi) is 1.84. The van der Waals surface area contributed by atoms with Crippen LogP contribution in [0.5, 0.6) is 0 Å². The minimum atomic E-state index is -0.0467. The monoisotopic (exact) mass is 138 g/mol. The highest BCUT2D eigenvalue weighted by molar-refractivity contribution is 5.69. The van der Waals surface area contributed by atoms with Gasteiger partial charge >= 0.3 is 0 Å². The Morgan fingerprint density at radius 2 is 2.50 bits per heavy atom. The summed E-state index contributed by atoms with van der Waals surface area (Å²) in [6.45, 7) is 0. The molecule has 10 heavy (non-hydrogen) atoms. The maximum atomic E-state index is 9.89. The molecule has 0 saturated carbocycles. The van der Waals surface area contributed by atoms with Crippen LogP contribution in [0.4, 0.5) is 5.69 Å². The first-order valence-electron chi connectivity index (χ1n) is 2.67. The number of amides is 1. The predicted octanol–water partition coefficient (Wildman–Crippen LogP) is 0.327. The van der Waals surface area contributed by atoms with Crippen molar-refractivity contribution < 1.29 is 9.21 Å². The van der Waals surface area contributed by atoms with Crippen LogP contribution in [-0.2, 0) is 4.79 Å². The summed E-state index contributed by atoms with van der Waals surface area (Å²) in [6, 6.07) is 3.18. The Morgan fingerprint density at radius 3 is 3.10 bits per heavy atom. The fraction of sp³-hybridized carbons (Fsp3) is 0. The van der Waals surface area contributed by atoms with Crippen LogP contribution in [0.1, 0.15) is 0 Å². The zero-order valence-corrected chi connectivity index (χ0v) is 5.13. The highest BCUT2D eigenvalue weighted by atomic mass is 16.3. The van der Waals surface area contributed by atoms with E-state index in [2.05, 4.69) is 9.73 Å². The van der Waals surface area contributed by atoms with Gasteiger partial charge in [-0.2, -0.15) is 0 Å². The van der Waals surface area contributed by atoms with E-state index in [1.165, 1.54) is 6.26 Å². The number of hydrogen-bond acceptors (Lipinski definition) is 3. The van der Waals surface area contributed by atoms with Crippen molar-refractivity contribution in [3.05, 3.63) is 23.9 Å². The lowest BCUT2D eigenvalue weighted by molar-refractivity contribution is -0.105. The molecule has 0 aromatic carbocycles. The molecule has 1 rings (SSSR count). The molecule has 52 valence electrons. The van der Waals surface area contributed by atoms with Gasteiger partial charge in [-0.1, -0.05) is 0 Å². The molecule has 0 unspecified atom stereocenters. The van der Waals surface area contributed by atoms with Crippen molar-refractivity contribution in [2.75, 3.05) is 5.32 Å². The van der Waals surface area contributed by atoms with Crippen LogP contribution in [-0.4, -0.2) is 6.41 Å². The summed E-state index contributed by atoms with van der Waals surface area (Å²) in [6.07, 6.45) is 1.88. The van der Waals surface area contributed by atoms with Crippen molar-refractivity contribution in [1.82, 2.24) is 0 Å². The number of hydrogen-bond donors (Lipinski definition) is 2. The van der Waals surface area contributed by atoms with Gasteiger partial charge in [0.25, 0.3) is 0 Å². The smallest absolute Gasteiger partial charge is 0.235 e. The SMILES string of the molecule is N=c1occcc1NC=O. The summed E-state index contributed by atoms with van der Waals surface area (Å²) in [5.41, 5.74) is 0.326. The highest BCUT2D eigenvalue weighted by Crippen LogP contribution is 1.93. The van der Waals surface area contributed by atoms with E-state index in [1.54, 1.807) is 12.1 Å². The molecule has 0 fully saturated rings. The Balaban J connectivity index is 3.03. The number of carbonyl (C=O) groups excluding carboxylic acids is 1. The molecule has 0 atom stereocenters. The van der Waals surface area contributed by atoms with Crippen molar-refractivity contribution in [3.63, 3.8) is 0 Å². The minimum Gasteiger partial charge on any atom is -0.445 e. The van der Waals surface area contributed by atoms with Gasteiger partial charge in [-0.05, 0) is 12.1 Å². The molecule has 1 amide bonds. The maximum Gasteiger partial charge on any atom is 0.235 e. The zero-order chi connectivity index (χ0) is 7.40. The van der Waals surface area contributed by atoms with Gasteiger partial charge in [0.2, 0.25) is 12.0 Å². The predicted molar refractivity (Wildman–Crippen MR) is 34.2 cm³/mol. The van der Waals surface area contributed by atoms with Crippen molar-refractivity contribution >= 4 is 12.1 Å². The van der Waals surface area contributed by atoms with Crippen molar-refractivity contribution in [3.8, 4) is 0 Å². The molecule has 1 aromatic heterocycles. The molecule has 4 heteroatoms. The topological polar surface area (TPSA) is 66.1 Å². The largest absolute Gasteiger partial charge is 0.445 e. The second kappa shape index (κ2) is 2.82. The Labute approximate surface area is 57.0 Å². The van der Waals surface area contributed by atoms with E-state index in [0.717, 1.165) is 0 Å². The fourth-order valence-corrected chi connectivity index (χ4v) is 0.559. The van der Waals surface area contributed by atoms with Gasteiger partial charge in [0.15, 0.2) is 0 Å². The third kappa shape index (κ3) is 1.22. The Morgan fingerprint density at radius 1 is 1.70 bits per heavy atom. The Hall–Kier alpha value is -1.58. The molecule has 0 aliphatic heterocycles. The quantitative estimate of drug-likeness (QED) is 0.578. The first-order valence-corrected chi connectivity index (χ1v) is 2.67. The van der Waals surface area contributed by atoms with E-state index in [0.29, 0.717) is 12.1 Å². The van der Waals surface area contributed by atoms with Crippen LogP contribution < -0.4 is 10.9 Å². The van der Waals surface area contributed by atoms with E-state index in [-0.39, 0.29) is 5.55 Å². The van der Waals surface area contributed by atoms with Crippen LogP contribution >= 0.6 is 0 Å². The van der Waals surface area contributed by atoms with Gasteiger partial charge < -0.3 is 9.73 Å². The number of rotatable bonds is 2. The van der Waals surface area contributed by atoms with Gasteiger partial charge in [-0.3, -0.25) is 10.2 Å². The summed E-state index contributed by atoms with van der Waals surface area (Å²) in [5.74, 6) is 0. The second-order valence-corrected chi connectivity index (χ2v) is 1.62. The molecule has 2 N–H and O–H groups in total. The average Bonchev–Trinajstić information content (AvgIpc) is 1.94. The highest BCUT2D eigenvalue weighted by Gasteiger charge is 1.90. The molecule has 1 heterocycles.